The van der Waals surface area contributed by atoms with Crippen LogP contribution in [0.4, 0.5) is 9.59 Å². The van der Waals surface area contributed by atoms with Crippen LogP contribution in [0.25, 0.3) is 11.2 Å². The fourth-order valence-corrected chi connectivity index (χ4v) is 2.73. The number of carbonyl (C=O) groups excluding carboxylic acids is 3. The van der Waals surface area contributed by atoms with Gasteiger partial charge in [-0.05, 0) is 0 Å². The first-order valence-corrected chi connectivity index (χ1v) is 8.25. The Morgan fingerprint density at radius 2 is 1.90 bits per heavy atom. The number of imidazole rings is 1. The van der Waals surface area contributed by atoms with Crippen molar-refractivity contribution in [3.05, 3.63) is 18.9 Å². The molecule has 164 valence electrons. The lowest BCUT2D eigenvalue weighted by atomic mass is 10.1. The normalized spacial score (nSPS) is 18.4. The topological polar surface area (TPSA) is 229 Å². The van der Waals surface area contributed by atoms with Crippen molar-refractivity contribution in [1.82, 2.24) is 40.0 Å². The summed E-state index contributed by atoms with van der Waals surface area (Å²) in [5, 5.41) is 47.6. The first kappa shape index (κ1) is 22.8. The third kappa shape index (κ3) is 3.84. The van der Waals surface area contributed by atoms with Gasteiger partial charge >= 0.3 is 12.1 Å². The number of urea groups is 2. The minimum absolute atomic E-state index is 0.279. The highest BCUT2D eigenvalue weighted by Gasteiger charge is 2.62. The first-order valence-electron chi connectivity index (χ1n) is 8.25. The van der Waals surface area contributed by atoms with Crippen LogP contribution in [0.3, 0.4) is 0 Å². The van der Waals surface area contributed by atoms with Crippen LogP contribution >= 0.6 is 0 Å². The summed E-state index contributed by atoms with van der Waals surface area (Å²) in [6, 6.07) is -2.33. The Morgan fingerprint density at radius 1 is 1.17 bits per heavy atom. The van der Waals surface area contributed by atoms with E-state index in [1.165, 1.54) is 6.33 Å². The number of hydrogen-bond acceptors (Lipinski definition) is 11. The first-order chi connectivity index (χ1) is 14.4. The molecule has 3 rings (SSSR count). The molecule has 0 bridgehead atoms. The maximum Gasteiger partial charge on any atom is 0.332 e. The average Bonchev–Trinajstić information content (AvgIpc) is 3.30. The fourth-order valence-electron chi connectivity index (χ4n) is 2.73. The van der Waals surface area contributed by atoms with Gasteiger partial charge in [0.15, 0.2) is 5.65 Å². The lowest BCUT2D eigenvalue weighted by molar-refractivity contribution is -0.153. The molecule has 1 unspecified atom stereocenters. The van der Waals surface area contributed by atoms with Gasteiger partial charge in [0, 0.05) is 0 Å². The van der Waals surface area contributed by atoms with Crippen LogP contribution in [0, 0.1) is 0 Å². The van der Waals surface area contributed by atoms with Crippen molar-refractivity contribution in [1.29, 1.82) is 0 Å². The van der Waals surface area contributed by atoms with Gasteiger partial charge in [-0.2, -0.15) is 0 Å². The molecular weight excluding hydrogens is 408 g/mol. The number of amides is 5. The Kier molecular flexibility index (Phi) is 7.50. The lowest BCUT2D eigenvalue weighted by Crippen LogP contribution is -2.68. The Morgan fingerprint density at radius 3 is 2.43 bits per heavy atom. The van der Waals surface area contributed by atoms with E-state index in [-0.39, 0.29) is 4.90 Å². The predicted octanol–water partition coefficient (Wildman–Crippen LogP) is -3.90. The largest absolute Gasteiger partial charge is 0.391 e. The van der Waals surface area contributed by atoms with E-state index in [0.29, 0.717) is 9.80 Å². The highest BCUT2D eigenvalue weighted by Crippen LogP contribution is 2.30. The van der Waals surface area contributed by atoms with E-state index < -0.39 is 57.2 Å². The van der Waals surface area contributed by atoms with Crippen LogP contribution in [-0.4, -0.2) is 117 Å². The van der Waals surface area contributed by atoms with Crippen molar-refractivity contribution in [2.24, 2.45) is 0 Å². The maximum absolute atomic E-state index is 12.2. The van der Waals surface area contributed by atoms with Gasteiger partial charge in [0.1, 0.15) is 38.8 Å². The number of hydrogen-bond donors (Lipinski definition) is 7. The van der Waals surface area contributed by atoms with E-state index >= 15 is 0 Å². The zero-order valence-electron chi connectivity index (χ0n) is 15.4. The maximum atomic E-state index is 12.2. The molecule has 16 nitrogen and oxygen atoms in total. The quantitative estimate of drug-likeness (QED) is 0.174. The van der Waals surface area contributed by atoms with Crippen LogP contribution in [-0.2, 0) is 4.79 Å². The minimum atomic E-state index is -2.43. The van der Waals surface area contributed by atoms with Gasteiger partial charge in [0.05, 0.1) is 19.1 Å². The van der Waals surface area contributed by atoms with Gasteiger partial charge in [-0.15, -0.1) is 0 Å². The molecule has 16 heteroatoms. The predicted molar refractivity (Wildman–Crippen MR) is 94.3 cm³/mol. The number of aromatic amines is 1. The van der Waals surface area contributed by atoms with Gasteiger partial charge in [-0.25, -0.2) is 29.4 Å². The molecule has 0 saturated carbocycles. The molecule has 1 aliphatic rings. The van der Waals surface area contributed by atoms with E-state index in [2.05, 4.69) is 19.9 Å². The Balaban J connectivity index is 0.000000290. The lowest BCUT2D eigenvalue weighted by Gasteiger charge is -2.40. The molecule has 5 amide bonds. The molecule has 0 spiro atoms. The number of aliphatic hydroxyl groups is 5. The Hall–Kier alpha value is -3.44. The standard InChI is InChI=1S/C9H16N4O8.C5H4N4/c14-1-9(12(4-17)7(20)10-2-15)6(19)11(3-16)8(21)13(9)5-18;1-4-5(8-2-6-1)9-3-7-4/h14-18H,1-5H2,(H,10,20);1-3H,(H,6,7,8,9). The number of nitrogens with one attached hydrogen (secondary N) is 2. The molecule has 0 aliphatic carbocycles. The molecule has 0 radical (unpaired) electrons. The number of rotatable bonds is 6. The van der Waals surface area contributed by atoms with Crippen LogP contribution in [0.15, 0.2) is 18.9 Å². The molecule has 7 N–H and O–H groups in total. The van der Waals surface area contributed by atoms with E-state index in [0.717, 1.165) is 11.2 Å². The summed E-state index contributed by atoms with van der Waals surface area (Å²) >= 11 is 0. The summed E-state index contributed by atoms with van der Waals surface area (Å²) in [5.41, 5.74) is -0.842. The second-order valence-electron chi connectivity index (χ2n) is 5.57. The van der Waals surface area contributed by atoms with E-state index in [4.69, 9.17) is 10.2 Å². The van der Waals surface area contributed by atoms with Crippen molar-refractivity contribution >= 4 is 29.1 Å². The summed E-state index contributed by atoms with van der Waals surface area (Å²) in [6.45, 7) is -5.20. The Labute approximate surface area is 168 Å². The molecule has 0 aromatic carbocycles. The minimum Gasteiger partial charge on any atom is -0.391 e. The smallest absolute Gasteiger partial charge is 0.332 e. The van der Waals surface area contributed by atoms with Crippen LogP contribution in [0.2, 0.25) is 0 Å². The van der Waals surface area contributed by atoms with Gasteiger partial charge in [0.25, 0.3) is 5.91 Å². The van der Waals surface area contributed by atoms with Crippen LogP contribution in [0.1, 0.15) is 0 Å². The monoisotopic (exact) mass is 428 g/mol. The number of imide groups is 1. The molecule has 30 heavy (non-hydrogen) atoms. The van der Waals surface area contributed by atoms with E-state index in [1.54, 1.807) is 12.5 Å². The van der Waals surface area contributed by atoms with Gasteiger partial charge in [0.2, 0.25) is 5.66 Å². The summed E-state index contributed by atoms with van der Waals surface area (Å²) in [4.78, 5) is 51.4. The molecule has 1 atom stereocenters. The number of nitrogens with zero attached hydrogens (tertiary/aromatic N) is 6. The zero-order valence-corrected chi connectivity index (χ0v) is 15.4. The molecule has 1 aliphatic heterocycles. The number of H-pyrrole nitrogens is 1. The summed E-state index contributed by atoms with van der Waals surface area (Å²) in [6.07, 6.45) is 4.75. The molecule has 1 saturated heterocycles. The van der Waals surface area contributed by atoms with Crippen LogP contribution < -0.4 is 5.32 Å². The summed E-state index contributed by atoms with van der Waals surface area (Å²) in [5.74, 6) is -1.21. The number of aromatic nitrogens is 4. The average molecular weight is 428 g/mol. The van der Waals surface area contributed by atoms with Crippen molar-refractivity contribution in [3.8, 4) is 0 Å². The number of fused-ring (bicyclic) bond motifs is 1. The third-order valence-corrected chi connectivity index (χ3v) is 4.16. The van der Waals surface area contributed by atoms with Crippen LogP contribution in [0.5, 0.6) is 0 Å². The second-order valence-corrected chi connectivity index (χ2v) is 5.57. The van der Waals surface area contributed by atoms with Crippen molar-refractivity contribution in [2.75, 3.05) is 33.5 Å². The van der Waals surface area contributed by atoms with Crippen molar-refractivity contribution in [2.45, 2.75) is 5.66 Å². The van der Waals surface area contributed by atoms with Gasteiger partial charge < -0.3 is 35.8 Å². The SMILES string of the molecule is O=C(NCO)N(CO)C1(CO)C(=O)N(CO)C(=O)N1CO.c1ncc2nc[nH]c2n1. The van der Waals surface area contributed by atoms with Gasteiger partial charge in [-0.3, -0.25) is 14.6 Å². The van der Waals surface area contributed by atoms with Crippen molar-refractivity contribution in [3.63, 3.8) is 0 Å². The van der Waals surface area contributed by atoms with E-state index in [9.17, 15) is 29.7 Å². The molecule has 2 aromatic rings. The van der Waals surface area contributed by atoms with E-state index in [1.807, 2.05) is 5.32 Å². The summed E-state index contributed by atoms with van der Waals surface area (Å²) < 4.78 is 0. The Bertz CT molecular complexity index is 863. The molecule has 3 heterocycles. The zero-order chi connectivity index (χ0) is 22.3. The molecule has 2 aromatic heterocycles. The number of carbonyl (C=O) groups is 3. The molecule has 1 fully saturated rings. The second kappa shape index (κ2) is 9.85. The fraction of sp³-hybridized carbons (Fsp3) is 0.429. The highest BCUT2D eigenvalue weighted by molar-refractivity contribution is 6.08. The summed E-state index contributed by atoms with van der Waals surface area (Å²) in [7, 11) is 0. The molecular formula is C14H20N8O8. The van der Waals surface area contributed by atoms with Crippen molar-refractivity contribution < 1.29 is 39.9 Å². The van der Waals surface area contributed by atoms with Gasteiger partial charge in [-0.1, -0.05) is 0 Å². The third-order valence-electron chi connectivity index (χ3n) is 4.16. The highest BCUT2D eigenvalue weighted by atomic mass is 16.3. The number of aliphatic hydroxyl groups excluding tert-OH is 5.